The number of nitrogens with zero attached hydrogens (tertiary/aromatic N) is 1. The molecular weight excluding hydrogens is 751 g/mol. The van der Waals surface area contributed by atoms with E-state index in [1.807, 2.05) is 0 Å². The zero-order chi connectivity index (χ0) is 41.0. The molecule has 0 radical (unpaired) electrons. The van der Waals surface area contributed by atoms with E-state index in [1.54, 1.807) is 0 Å². The first kappa shape index (κ1) is 35.7. The topological polar surface area (TPSA) is 16.4 Å². The maximum absolute atomic E-state index is 6.98. The Bertz CT molecular complexity index is 3640. The average molecular weight is 790 g/mol. The minimum atomic E-state index is 0.845. The van der Waals surface area contributed by atoms with Crippen molar-refractivity contribution in [3.63, 3.8) is 0 Å². The van der Waals surface area contributed by atoms with Crippen molar-refractivity contribution in [2.75, 3.05) is 4.90 Å². The van der Waals surface area contributed by atoms with E-state index < -0.39 is 0 Å². The SMILES string of the molecule is c1ccc(-c2ccc(N(c3cccc(-c4ccccc4-c4cc5ccccc5c5ccccc45)c3)c3cccc4c3oc3cc5ccccc5cc34)c(-c3ccccc3)c2)cc1. The molecule has 0 spiro atoms. The standard InChI is InChI=1S/C60H39NO/c1-3-17-40(18-4-1)44-33-34-57(54(36-44)41-19-5-2-6-20-41)61(58-32-16-31-53-56-37-42-21-7-8-22-43(42)39-59(56)62-60(53)58)47-25-15-24-45(35-47)48-27-11-12-29-51(48)55-38-46-23-9-10-26-49(46)50-28-13-14-30-52(50)55/h1-39H. The summed E-state index contributed by atoms with van der Waals surface area (Å²) >= 11 is 0. The lowest BCUT2D eigenvalue weighted by Crippen LogP contribution is -2.12. The molecule has 1 aromatic heterocycles. The first-order chi connectivity index (χ1) is 30.7. The normalized spacial score (nSPS) is 11.5. The lowest BCUT2D eigenvalue weighted by molar-refractivity contribution is 0.669. The first-order valence-electron chi connectivity index (χ1n) is 21.2. The third-order valence-corrected chi connectivity index (χ3v) is 12.4. The molecule has 0 N–H and O–H groups in total. The Kier molecular flexibility index (Phi) is 8.53. The van der Waals surface area contributed by atoms with E-state index in [0.29, 0.717) is 0 Å². The fourth-order valence-corrected chi connectivity index (χ4v) is 9.50. The Hall–Kier alpha value is -8.20. The van der Waals surface area contributed by atoms with Crippen LogP contribution in [0.1, 0.15) is 0 Å². The maximum Gasteiger partial charge on any atom is 0.159 e. The molecule has 12 aromatic rings. The fourth-order valence-electron chi connectivity index (χ4n) is 9.50. The molecule has 62 heavy (non-hydrogen) atoms. The molecule has 0 aliphatic heterocycles. The van der Waals surface area contributed by atoms with Crippen molar-refractivity contribution in [1.82, 2.24) is 0 Å². The molecule has 2 nitrogen and oxygen atoms in total. The van der Waals surface area contributed by atoms with Crippen LogP contribution in [-0.2, 0) is 0 Å². The van der Waals surface area contributed by atoms with E-state index in [1.165, 1.54) is 49.2 Å². The third-order valence-electron chi connectivity index (χ3n) is 12.4. The summed E-state index contributed by atoms with van der Waals surface area (Å²) in [5.41, 5.74) is 14.1. The van der Waals surface area contributed by atoms with Gasteiger partial charge in [-0.2, -0.15) is 0 Å². The predicted molar refractivity (Wildman–Crippen MR) is 263 cm³/mol. The second kappa shape index (κ2) is 14.8. The number of furan rings is 1. The van der Waals surface area contributed by atoms with Crippen LogP contribution < -0.4 is 4.90 Å². The Morgan fingerprint density at radius 2 is 0.887 bits per heavy atom. The van der Waals surface area contributed by atoms with Crippen LogP contribution in [-0.4, -0.2) is 0 Å². The first-order valence-corrected chi connectivity index (χ1v) is 21.2. The Morgan fingerprint density at radius 1 is 0.274 bits per heavy atom. The van der Waals surface area contributed by atoms with Crippen LogP contribution >= 0.6 is 0 Å². The smallest absolute Gasteiger partial charge is 0.159 e. The van der Waals surface area contributed by atoms with Gasteiger partial charge >= 0.3 is 0 Å². The fraction of sp³-hybridized carbons (Fsp3) is 0. The monoisotopic (exact) mass is 789 g/mol. The highest BCUT2D eigenvalue weighted by molar-refractivity contribution is 6.16. The lowest BCUT2D eigenvalue weighted by Gasteiger charge is -2.29. The van der Waals surface area contributed by atoms with Gasteiger partial charge in [-0.1, -0.05) is 188 Å². The van der Waals surface area contributed by atoms with Gasteiger partial charge in [0.2, 0.25) is 0 Å². The van der Waals surface area contributed by atoms with Gasteiger partial charge in [-0.25, -0.2) is 0 Å². The van der Waals surface area contributed by atoms with Gasteiger partial charge in [0.1, 0.15) is 5.58 Å². The molecular formula is C60H39NO. The quantitative estimate of drug-likeness (QED) is 0.150. The predicted octanol–water partition coefficient (Wildman–Crippen LogP) is 17.2. The summed E-state index contributed by atoms with van der Waals surface area (Å²) < 4.78 is 6.98. The van der Waals surface area contributed by atoms with Crippen LogP contribution in [0.4, 0.5) is 17.1 Å². The van der Waals surface area contributed by atoms with Crippen molar-refractivity contribution in [3.8, 4) is 44.5 Å². The molecule has 0 bridgehead atoms. The molecule has 0 fully saturated rings. The van der Waals surface area contributed by atoms with Crippen molar-refractivity contribution in [3.05, 3.63) is 237 Å². The van der Waals surface area contributed by atoms with Crippen LogP contribution in [0, 0.1) is 0 Å². The molecule has 1 heterocycles. The largest absolute Gasteiger partial charge is 0.454 e. The van der Waals surface area contributed by atoms with Gasteiger partial charge in [-0.05, 0) is 120 Å². The molecule has 0 saturated heterocycles. The summed E-state index contributed by atoms with van der Waals surface area (Å²) in [6.07, 6.45) is 0. The van der Waals surface area contributed by atoms with Gasteiger partial charge in [0.15, 0.2) is 5.58 Å². The number of hydrogen-bond donors (Lipinski definition) is 0. The summed E-state index contributed by atoms with van der Waals surface area (Å²) in [4.78, 5) is 2.40. The maximum atomic E-state index is 6.98. The zero-order valence-electron chi connectivity index (χ0n) is 33.9. The van der Waals surface area contributed by atoms with E-state index in [9.17, 15) is 0 Å². The number of fused-ring (bicyclic) bond motifs is 7. The highest BCUT2D eigenvalue weighted by Crippen LogP contribution is 2.48. The van der Waals surface area contributed by atoms with Gasteiger partial charge in [0.05, 0.1) is 11.4 Å². The van der Waals surface area contributed by atoms with E-state index in [0.717, 1.165) is 66.6 Å². The lowest BCUT2D eigenvalue weighted by atomic mass is 9.89. The second-order valence-electron chi connectivity index (χ2n) is 16.0. The molecule has 0 amide bonds. The van der Waals surface area contributed by atoms with Gasteiger partial charge in [-0.3, -0.25) is 0 Å². The van der Waals surface area contributed by atoms with Gasteiger partial charge < -0.3 is 9.32 Å². The van der Waals surface area contributed by atoms with Crippen molar-refractivity contribution in [2.45, 2.75) is 0 Å². The highest BCUT2D eigenvalue weighted by atomic mass is 16.3. The van der Waals surface area contributed by atoms with Crippen molar-refractivity contribution in [2.24, 2.45) is 0 Å². The number of anilines is 3. The number of benzene rings is 11. The van der Waals surface area contributed by atoms with Crippen LogP contribution in [0.2, 0.25) is 0 Å². The van der Waals surface area contributed by atoms with Gasteiger partial charge in [0, 0.05) is 22.0 Å². The van der Waals surface area contributed by atoms with Gasteiger partial charge in [0.25, 0.3) is 0 Å². The molecule has 2 heteroatoms. The number of para-hydroxylation sites is 1. The van der Waals surface area contributed by atoms with Crippen LogP contribution in [0.25, 0.3) is 98.8 Å². The number of hydrogen-bond acceptors (Lipinski definition) is 2. The minimum absolute atomic E-state index is 0.845. The van der Waals surface area contributed by atoms with E-state index in [4.69, 9.17) is 4.42 Å². The van der Waals surface area contributed by atoms with Crippen molar-refractivity contribution < 1.29 is 4.42 Å². The highest BCUT2D eigenvalue weighted by Gasteiger charge is 2.24. The Balaban J connectivity index is 1.11. The molecule has 12 rings (SSSR count). The van der Waals surface area contributed by atoms with Gasteiger partial charge in [-0.15, -0.1) is 0 Å². The minimum Gasteiger partial charge on any atom is -0.454 e. The van der Waals surface area contributed by atoms with Crippen molar-refractivity contribution in [1.29, 1.82) is 0 Å². The summed E-state index contributed by atoms with van der Waals surface area (Å²) in [6.45, 7) is 0. The molecule has 0 aliphatic carbocycles. The molecule has 0 saturated carbocycles. The van der Waals surface area contributed by atoms with E-state index in [2.05, 4.69) is 241 Å². The van der Waals surface area contributed by atoms with E-state index in [-0.39, 0.29) is 0 Å². The average Bonchev–Trinajstić information content (AvgIpc) is 3.72. The summed E-state index contributed by atoms with van der Waals surface area (Å²) in [5.74, 6) is 0. The van der Waals surface area contributed by atoms with Crippen LogP contribution in [0.15, 0.2) is 241 Å². The Labute approximate surface area is 360 Å². The van der Waals surface area contributed by atoms with Crippen LogP contribution in [0.3, 0.4) is 0 Å². The third kappa shape index (κ3) is 6.04. The Morgan fingerprint density at radius 3 is 1.69 bits per heavy atom. The molecule has 290 valence electrons. The zero-order valence-corrected chi connectivity index (χ0v) is 33.9. The van der Waals surface area contributed by atoms with Crippen LogP contribution in [0.5, 0.6) is 0 Å². The van der Waals surface area contributed by atoms with Crippen molar-refractivity contribution >= 4 is 71.3 Å². The summed E-state index contributed by atoms with van der Waals surface area (Å²) in [6, 6.07) is 85.5. The molecule has 0 unspecified atom stereocenters. The molecule has 0 aliphatic rings. The second-order valence-corrected chi connectivity index (χ2v) is 16.0. The summed E-state index contributed by atoms with van der Waals surface area (Å²) in [5, 5.41) is 9.54. The summed E-state index contributed by atoms with van der Waals surface area (Å²) in [7, 11) is 0. The molecule has 0 atom stereocenters. The molecule has 11 aromatic carbocycles. The van der Waals surface area contributed by atoms with E-state index >= 15 is 0 Å². The number of rotatable bonds is 7.